The number of pyridine rings is 1. The lowest BCUT2D eigenvalue weighted by atomic mass is 10.2. The van der Waals surface area contributed by atoms with Crippen LogP contribution in [0.15, 0.2) is 66.1 Å². The summed E-state index contributed by atoms with van der Waals surface area (Å²) in [7, 11) is 0. The number of anilines is 3. The first-order valence-electron chi connectivity index (χ1n) is 11.0. The van der Waals surface area contributed by atoms with Crippen molar-refractivity contribution in [1.82, 2.24) is 29.6 Å². The minimum Gasteiger partial charge on any atom is -0.354 e. The van der Waals surface area contributed by atoms with Crippen LogP contribution in [0, 0.1) is 6.92 Å². The van der Waals surface area contributed by atoms with Crippen molar-refractivity contribution in [2.75, 3.05) is 36.4 Å². The molecule has 2 N–H and O–H groups in total. The molecule has 0 radical (unpaired) electrons. The van der Waals surface area contributed by atoms with Crippen LogP contribution in [-0.4, -0.2) is 50.5 Å². The molecule has 1 aliphatic heterocycles. The van der Waals surface area contributed by atoms with E-state index < -0.39 is 0 Å². The number of hydrogen-bond donors (Lipinski definition) is 2. The maximum Gasteiger partial charge on any atom is 0.278 e. The Balaban J connectivity index is 1.62. The number of aryl methyl sites for hydroxylation is 1. The van der Waals surface area contributed by atoms with Crippen molar-refractivity contribution in [3.8, 4) is 5.82 Å². The number of aromatic nitrogens is 5. The molecule has 9 nitrogen and oxygen atoms in total. The Kier molecular flexibility index (Phi) is 5.62. The minimum absolute atomic E-state index is 0.179. The Morgan fingerprint density at radius 3 is 2.70 bits per heavy atom. The maximum atomic E-state index is 13.2. The van der Waals surface area contributed by atoms with Crippen LogP contribution in [0.1, 0.15) is 5.56 Å². The summed E-state index contributed by atoms with van der Waals surface area (Å²) in [5.41, 5.74) is 2.33. The molecule has 33 heavy (non-hydrogen) atoms. The molecule has 5 rings (SSSR count). The third kappa shape index (κ3) is 4.10. The molecular weight excluding hydrogens is 416 g/mol. The molecule has 0 aliphatic carbocycles. The zero-order chi connectivity index (χ0) is 22.8. The van der Waals surface area contributed by atoms with Crippen molar-refractivity contribution < 1.29 is 0 Å². The van der Waals surface area contributed by atoms with Crippen LogP contribution in [-0.2, 0) is 6.54 Å². The van der Waals surface area contributed by atoms with Crippen LogP contribution in [0.4, 0.5) is 17.5 Å². The monoisotopic (exact) mass is 442 g/mol. The van der Waals surface area contributed by atoms with Crippen molar-refractivity contribution in [3.63, 3.8) is 0 Å². The van der Waals surface area contributed by atoms with Gasteiger partial charge < -0.3 is 15.5 Å². The fraction of sp³-hybridized carbons (Fsp3) is 0.250. The number of allylic oxidation sites excluding steroid dienone is 1. The van der Waals surface area contributed by atoms with Gasteiger partial charge in [-0.2, -0.15) is 4.98 Å². The van der Waals surface area contributed by atoms with Gasteiger partial charge in [0.25, 0.3) is 5.56 Å². The second-order valence-electron chi connectivity index (χ2n) is 8.00. The lowest BCUT2D eigenvalue weighted by Crippen LogP contribution is -2.44. The van der Waals surface area contributed by atoms with Crippen molar-refractivity contribution in [2.24, 2.45) is 0 Å². The zero-order valence-corrected chi connectivity index (χ0v) is 18.5. The van der Waals surface area contributed by atoms with Gasteiger partial charge in [0.2, 0.25) is 5.95 Å². The number of rotatable bonds is 6. The largest absolute Gasteiger partial charge is 0.354 e. The van der Waals surface area contributed by atoms with Gasteiger partial charge in [-0.25, -0.2) is 19.3 Å². The van der Waals surface area contributed by atoms with E-state index in [2.05, 4.69) is 27.1 Å². The summed E-state index contributed by atoms with van der Waals surface area (Å²) in [6.07, 6.45) is 3.26. The van der Waals surface area contributed by atoms with E-state index in [4.69, 9.17) is 9.97 Å². The smallest absolute Gasteiger partial charge is 0.278 e. The zero-order valence-electron chi connectivity index (χ0n) is 18.5. The molecule has 0 saturated carbocycles. The summed E-state index contributed by atoms with van der Waals surface area (Å²) < 4.78 is 3.35. The molecule has 4 heterocycles. The molecule has 1 aromatic carbocycles. The quantitative estimate of drug-likeness (QED) is 0.444. The lowest BCUT2D eigenvalue weighted by Gasteiger charge is -2.28. The van der Waals surface area contributed by atoms with Gasteiger partial charge in [-0.1, -0.05) is 24.3 Å². The second kappa shape index (κ2) is 8.87. The van der Waals surface area contributed by atoms with Crippen molar-refractivity contribution in [2.45, 2.75) is 13.5 Å². The Bertz CT molecular complexity index is 1370. The normalized spacial score (nSPS) is 13.9. The average molecular weight is 443 g/mol. The minimum atomic E-state index is -0.179. The van der Waals surface area contributed by atoms with Crippen LogP contribution in [0.2, 0.25) is 0 Å². The molecule has 0 bridgehead atoms. The third-order valence-electron chi connectivity index (χ3n) is 5.63. The lowest BCUT2D eigenvalue weighted by molar-refractivity contribution is 0.578. The average Bonchev–Trinajstić information content (AvgIpc) is 3.11. The molecule has 0 amide bonds. The van der Waals surface area contributed by atoms with E-state index in [9.17, 15) is 4.79 Å². The Hall–Kier alpha value is -3.98. The summed E-state index contributed by atoms with van der Waals surface area (Å²) in [6, 6.07) is 13.8. The summed E-state index contributed by atoms with van der Waals surface area (Å²) in [5, 5.41) is 7.03. The predicted octanol–water partition coefficient (Wildman–Crippen LogP) is 2.62. The van der Waals surface area contributed by atoms with Crippen LogP contribution in [0.3, 0.4) is 0 Å². The van der Waals surface area contributed by atoms with Crippen molar-refractivity contribution >= 4 is 28.5 Å². The first-order valence-corrected chi connectivity index (χ1v) is 11.0. The van der Waals surface area contributed by atoms with E-state index >= 15 is 0 Å². The highest BCUT2D eigenvalue weighted by Crippen LogP contribution is 2.21. The number of piperazine rings is 1. The van der Waals surface area contributed by atoms with Gasteiger partial charge in [-0.05, 0) is 36.8 Å². The number of fused-ring (bicyclic) bond motifs is 1. The van der Waals surface area contributed by atoms with Crippen LogP contribution < -0.4 is 21.1 Å². The SMILES string of the molecule is C=CCn1c(=O)c2cnc(Nc3cccc(C)c3)nc2n1-c1cccc(N2CCNCC2)n1. The summed E-state index contributed by atoms with van der Waals surface area (Å²) in [5.74, 6) is 1.91. The van der Waals surface area contributed by atoms with E-state index in [1.165, 1.54) is 0 Å². The molecule has 4 aromatic rings. The topological polar surface area (TPSA) is 92.9 Å². The van der Waals surface area contributed by atoms with Gasteiger partial charge >= 0.3 is 0 Å². The third-order valence-corrected chi connectivity index (χ3v) is 5.63. The molecule has 1 saturated heterocycles. The second-order valence-corrected chi connectivity index (χ2v) is 8.00. The summed E-state index contributed by atoms with van der Waals surface area (Å²) >= 11 is 0. The molecule has 1 aliphatic rings. The maximum absolute atomic E-state index is 13.2. The first-order chi connectivity index (χ1) is 16.1. The first kappa shape index (κ1) is 20.9. The van der Waals surface area contributed by atoms with Gasteiger partial charge in [0.1, 0.15) is 11.2 Å². The Morgan fingerprint density at radius 2 is 1.91 bits per heavy atom. The van der Waals surface area contributed by atoms with E-state index in [0.717, 1.165) is 43.2 Å². The molecule has 0 unspecified atom stereocenters. The van der Waals surface area contributed by atoms with Gasteiger partial charge in [0.15, 0.2) is 11.5 Å². The van der Waals surface area contributed by atoms with Crippen LogP contribution >= 0.6 is 0 Å². The van der Waals surface area contributed by atoms with Crippen LogP contribution in [0.25, 0.3) is 16.9 Å². The number of hydrogen-bond acceptors (Lipinski definition) is 7. The highest BCUT2D eigenvalue weighted by atomic mass is 16.1. The van der Waals surface area contributed by atoms with E-state index in [0.29, 0.717) is 29.3 Å². The van der Waals surface area contributed by atoms with Crippen LogP contribution in [0.5, 0.6) is 0 Å². The standard InChI is InChI=1S/C24H26N8O/c1-3-12-31-23(33)19-16-26-24(27-18-7-4-6-17(2)15-18)29-22(19)32(31)21-9-5-8-20(28-21)30-13-10-25-11-14-30/h3-9,15-16,25H,1,10-14H2,2H3,(H,26,27,29). The molecule has 9 heteroatoms. The highest BCUT2D eigenvalue weighted by molar-refractivity contribution is 5.77. The Labute approximate surface area is 191 Å². The molecule has 0 spiro atoms. The number of nitrogens with zero attached hydrogens (tertiary/aromatic N) is 6. The van der Waals surface area contributed by atoms with Gasteiger partial charge in [0, 0.05) is 38.1 Å². The fourth-order valence-electron chi connectivity index (χ4n) is 4.06. The summed E-state index contributed by atoms with van der Waals surface area (Å²) in [6.45, 7) is 9.78. The van der Waals surface area contributed by atoms with Crippen molar-refractivity contribution in [1.29, 1.82) is 0 Å². The number of benzene rings is 1. The fourth-order valence-corrected chi connectivity index (χ4v) is 4.06. The highest BCUT2D eigenvalue weighted by Gasteiger charge is 2.19. The van der Waals surface area contributed by atoms with Gasteiger partial charge in [-0.15, -0.1) is 6.58 Å². The number of nitrogens with one attached hydrogen (secondary N) is 2. The Morgan fingerprint density at radius 1 is 1.12 bits per heavy atom. The predicted molar refractivity (Wildman–Crippen MR) is 131 cm³/mol. The van der Waals surface area contributed by atoms with Crippen molar-refractivity contribution in [3.05, 3.63) is 77.2 Å². The molecule has 1 fully saturated rings. The molecular formula is C24H26N8O. The van der Waals surface area contributed by atoms with Gasteiger partial charge in [-0.3, -0.25) is 4.79 Å². The van der Waals surface area contributed by atoms with E-state index in [1.54, 1.807) is 21.6 Å². The molecule has 3 aromatic heterocycles. The summed E-state index contributed by atoms with van der Waals surface area (Å²) in [4.78, 5) is 29.4. The van der Waals surface area contributed by atoms with Gasteiger partial charge in [0.05, 0.1) is 6.54 Å². The molecule has 168 valence electrons. The van der Waals surface area contributed by atoms with E-state index in [1.807, 2.05) is 49.4 Å². The molecule has 0 atom stereocenters. The van der Waals surface area contributed by atoms with E-state index in [-0.39, 0.29) is 5.56 Å².